The van der Waals surface area contributed by atoms with Crippen molar-refractivity contribution in [1.82, 2.24) is 18.7 Å². The molecule has 1 aliphatic rings. The molecule has 2 aromatic heterocycles. The van der Waals surface area contributed by atoms with E-state index in [1.165, 1.54) is 39.7 Å². The van der Waals surface area contributed by atoms with Gasteiger partial charge in [-0.05, 0) is 51.0 Å². The Labute approximate surface area is 176 Å². The van der Waals surface area contributed by atoms with E-state index in [-0.39, 0.29) is 30.4 Å². The molecule has 0 N–H and O–H groups in total. The SMILES string of the molecule is CCOC(=O)C(C)n1cnc2c1c(=O)n(CC1CCCO1)c(=O)n2-c1ccc(F)cc1. The van der Waals surface area contributed by atoms with E-state index >= 15 is 0 Å². The van der Waals surface area contributed by atoms with E-state index in [0.717, 1.165) is 17.4 Å². The van der Waals surface area contributed by atoms with Crippen molar-refractivity contribution in [2.24, 2.45) is 0 Å². The van der Waals surface area contributed by atoms with Crippen molar-refractivity contribution < 1.29 is 18.7 Å². The van der Waals surface area contributed by atoms with E-state index in [2.05, 4.69) is 4.98 Å². The van der Waals surface area contributed by atoms with Crippen LogP contribution in [-0.2, 0) is 20.8 Å². The second-order valence-corrected chi connectivity index (χ2v) is 7.40. The zero-order valence-electron chi connectivity index (χ0n) is 17.3. The molecule has 10 heteroatoms. The summed E-state index contributed by atoms with van der Waals surface area (Å²) in [4.78, 5) is 43.3. The first-order valence-electron chi connectivity index (χ1n) is 10.2. The fourth-order valence-corrected chi connectivity index (χ4v) is 3.79. The topological polar surface area (TPSA) is 97.4 Å². The lowest BCUT2D eigenvalue weighted by Crippen LogP contribution is -2.42. The number of halogens is 1. The number of rotatable bonds is 6. The third-order valence-electron chi connectivity index (χ3n) is 5.40. The van der Waals surface area contributed by atoms with Crippen LogP contribution >= 0.6 is 0 Å². The molecule has 0 saturated carbocycles. The molecule has 164 valence electrons. The van der Waals surface area contributed by atoms with Gasteiger partial charge in [-0.25, -0.2) is 23.5 Å². The van der Waals surface area contributed by atoms with Gasteiger partial charge in [0.15, 0.2) is 11.2 Å². The second-order valence-electron chi connectivity index (χ2n) is 7.40. The number of imidazole rings is 1. The summed E-state index contributed by atoms with van der Waals surface area (Å²) < 4.78 is 27.9. The summed E-state index contributed by atoms with van der Waals surface area (Å²) in [5.74, 6) is -0.978. The molecule has 9 nitrogen and oxygen atoms in total. The quantitative estimate of drug-likeness (QED) is 0.553. The Bertz CT molecular complexity index is 1220. The second kappa shape index (κ2) is 8.46. The van der Waals surface area contributed by atoms with Crippen LogP contribution in [0.3, 0.4) is 0 Å². The number of aromatic nitrogens is 4. The minimum atomic E-state index is -0.826. The third kappa shape index (κ3) is 3.78. The monoisotopic (exact) mass is 430 g/mol. The van der Waals surface area contributed by atoms with Gasteiger partial charge >= 0.3 is 11.7 Å². The van der Waals surface area contributed by atoms with E-state index < -0.39 is 29.1 Å². The maximum atomic E-state index is 13.5. The number of fused-ring (bicyclic) bond motifs is 1. The van der Waals surface area contributed by atoms with Crippen molar-refractivity contribution >= 4 is 17.1 Å². The Kier molecular flexibility index (Phi) is 5.73. The lowest BCUT2D eigenvalue weighted by Gasteiger charge is -2.17. The summed E-state index contributed by atoms with van der Waals surface area (Å²) in [6.07, 6.45) is 2.66. The Morgan fingerprint density at radius 3 is 2.71 bits per heavy atom. The molecule has 1 saturated heterocycles. The van der Waals surface area contributed by atoms with Gasteiger partial charge in [0, 0.05) is 6.61 Å². The Morgan fingerprint density at radius 1 is 1.32 bits per heavy atom. The summed E-state index contributed by atoms with van der Waals surface area (Å²) >= 11 is 0. The van der Waals surface area contributed by atoms with E-state index in [9.17, 15) is 18.8 Å². The maximum Gasteiger partial charge on any atom is 0.337 e. The molecule has 3 aromatic rings. The largest absolute Gasteiger partial charge is 0.464 e. The number of benzene rings is 1. The van der Waals surface area contributed by atoms with Crippen molar-refractivity contribution in [3.63, 3.8) is 0 Å². The minimum absolute atomic E-state index is 0.0772. The standard InChI is InChI=1S/C21H23FN4O5/c1-3-30-20(28)13(2)25-12-23-18-17(25)19(27)24(11-16-5-4-10-31-16)21(29)26(18)15-8-6-14(22)7-9-15/h6-9,12-13,16H,3-5,10-11H2,1-2H3. The molecule has 4 rings (SSSR count). The summed E-state index contributed by atoms with van der Waals surface area (Å²) in [6, 6.07) is 4.49. The maximum absolute atomic E-state index is 13.5. The van der Waals surface area contributed by atoms with Crippen LogP contribution in [0.2, 0.25) is 0 Å². The van der Waals surface area contributed by atoms with Gasteiger partial charge in [-0.1, -0.05) is 0 Å². The van der Waals surface area contributed by atoms with Gasteiger partial charge in [-0.3, -0.25) is 9.36 Å². The molecule has 2 unspecified atom stereocenters. The average Bonchev–Trinajstić information content (AvgIpc) is 3.42. The Morgan fingerprint density at radius 2 is 2.06 bits per heavy atom. The zero-order chi connectivity index (χ0) is 22.1. The van der Waals surface area contributed by atoms with Crippen molar-refractivity contribution in [3.8, 4) is 5.69 Å². The number of hydrogen-bond acceptors (Lipinski definition) is 6. The molecule has 1 fully saturated rings. The fraction of sp³-hybridized carbons (Fsp3) is 0.429. The summed E-state index contributed by atoms with van der Waals surface area (Å²) in [5, 5.41) is 0. The normalized spacial score (nSPS) is 17.2. The molecule has 1 aromatic carbocycles. The van der Waals surface area contributed by atoms with Gasteiger partial charge in [-0.2, -0.15) is 0 Å². The molecule has 0 amide bonds. The van der Waals surface area contributed by atoms with Crippen molar-refractivity contribution in [2.45, 2.75) is 45.4 Å². The van der Waals surface area contributed by atoms with E-state index in [4.69, 9.17) is 9.47 Å². The van der Waals surface area contributed by atoms with Crippen LogP contribution in [0.1, 0.15) is 32.7 Å². The van der Waals surface area contributed by atoms with Gasteiger partial charge in [0.25, 0.3) is 5.56 Å². The number of hydrogen-bond donors (Lipinski definition) is 0. The predicted octanol–water partition coefficient (Wildman–Crippen LogP) is 1.79. The molecular formula is C21H23FN4O5. The number of nitrogens with zero attached hydrogens (tertiary/aromatic N) is 4. The highest BCUT2D eigenvalue weighted by molar-refractivity contribution is 5.79. The van der Waals surface area contributed by atoms with Gasteiger partial charge in [0.05, 0.1) is 31.3 Å². The van der Waals surface area contributed by atoms with Gasteiger partial charge in [0.1, 0.15) is 11.9 Å². The van der Waals surface area contributed by atoms with Crippen LogP contribution < -0.4 is 11.2 Å². The number of ether oxygens (including phenoxy) is 2. The van der Waals surface area contributed by atoms with Crippen molar-refractivity contribution in [2.75, 3.05) is 13.2 Å². The Hall–Kier alpha value is -3.27. The van der Waals surface area contributed by atoms with Gasteiger partial charge in [0.2, 0.25) is 0 Å². The van der Waals surface area contributed by atoms with Crippen LogP contribution in [0, 0.1) is 5.82 Å². The molecule has 0 bridgehead atoms. The molecule has 0 radical (unpaired) electrons. The van der Waals surface area contributed by atoms with Gasteiger partial charge in [-0.15, -0.1) is 0 Å². The lowest BCUT2D eigenvalue weighted by atomic mass is 10.2. The molecule has 31 heavy (non-hydrogen) atoms. The summed E-state index contributed by atoms with van der Waals surface area (Å²) in [5.41, 5.74) is -0.647. The predicted molar refractivity (Wildman–Crippen MR) is 110 cm³/mol. The van der Waals surface area contributed by atoms with Crippen LogP contribution in [0.4, 0.5) is 4.39 Å². The number of esters is 1. The molecule has 0 spiro atoms. The van der Waals surface area contributed by atoms with Crippen molar-refractivity contribution in [1.29, 1.82) is 0 Å². The fourth-order valence-electron chi connectivity index (χ4n) is 3.79. The van der Waals surface area contributed by atoms with E-state index in [0.29, 0.717) is 12.3 Å². The first-order chi connectivity index (χ1) is 14.9. The highest BCUT2D eigenvalue weighted by Gasteiger charge is 2.26. The van der Waals surface area contributed by atoms with E-state index in [1.54, 1.807) is 13.8 Å². The highest BCUT2D eigenvalue weighted by Crippen LogP contribution is 2.19. The first kappa shape index (κ1) is 21.0. The van der Waals surface area contributed by atoms with Crippen molar-refractivity contribution in [3.05, 3.63) is 57.2 Å². The highest BCUT2D eigenvalue weighted by atomic mass is 19.1. The summed E-state index contributed by atoms with van der Waals surface area (Å²) in [6.45, 7) is 4.13. The third-order valence-corrected chi connectivity index (χ3v) is 5.40. The Balaban J connectivity index is 1.96. The number of carbonyl (C=O) groups excluding carboxylic acids is 1. The van der Waals surface area contributed by atoms with Gasteiger partial charge < -0.3 is 14.0 Å². The molecule has 0 aliphatic carbocycles. The van der Waals surface area contributed by atoms with Crippen LogP contribution in [0.25, 0.3) is 16.9 Å². The summed E-state index contributed by atoms with van der Waals surface area (Å²) in [7, 11) is 0. The smallest absolute Gasteiger partial charge is 0.337 e. The van der Waals surface area contributed by atoms with Crippen LogP contribution in [0.15, 0.2) is 40.2 Å². The lowest BCUT2D eigenvalue weighted by molar-refractivity contribution is -0.146. The zero-order valence-corrected chi connectivity index (χ0v) is 17.3. The molecular weight excluding hydrogens is 407 g/mol. The van der Waals surface area contributed by atoms with E-state index in [1.807, 2.05) is 0 Å². The first-order valence-corrected chi connectivity index (χ1v) is 10.2. The van der Waals surface area contributed by atoms with Crippen LogP contribution in [0.5, 0.6) is 0 Å². The average molecular weight is 430 g/mol. The molecule has 1 aliphatic heterocycles. The minimum Gasteiger partial charge on any atom is -0.464 e. The number of carbonyl (C=O) groups is 1. The molecule has 2 atom stereocenters. The van der Waals surface area contributed by atoms with Crippen LogP contribution in [-0.4, -0.2) is 44.0 Å². The molecule has 3 heterocycles.